The summed E-state index contributed by atoms with van der Waals surface area (Å²) in [5.41, 5.74) is 0. The highest BCUT2D eigenvalue weighted by Gasteiger charge is 2.30. The van der Waals surface area contributed by atoms with Crippen molar-refractivity contribution in [3.63, 3.8) is 0 Å². The van der Waals surface area contributed by atoms with E-state index in [0.717, 1.165) is 12.2 Å². The number of halogens is 3. The minimum absolute atomic E-state index is 0.462. The molecule has 0 bridgehead atoms. The quantitative estimate of drug-likeness (QED) is 0.792. The molecule has 0 aliphatic carbocycles. The van der Waals surface area contributed by atoms with Gasteiger partial charge in [-0.2, -0.15) is 24.9 Å². The van der Waals surface area contributed by atoms with E-state index < -0.39 is 18.6 Å². The Hall–Kier alpha value is 0.100. The third-order valence-corrected chi connectivity index (χ3v) is 3.65. The molecule has 0 aromatic carbocycles. The topological polar surface area (TPSA) is 12.0 Å². The largest absolute Gasteiger partial charge is 0.390 e. The van der Waals surface area contributed by atoms with Crippen molar-refractivity contribution in [1.82, 2.24) is 5.32 Å². The second-order valence-corrected chi connectivity index (χ2v) is 5.17. The van der Waals surface area contributed by atoms with Crippen molar-refractivity contribution in [2.24, 2.45) is 0 Å². The van der Waals surface area contributed by atoms with E-state index in [9.17, 15) is 13.2 Å². The van der Waals surface area contributed by atoms with E-state index in [1.807, 2.05) is 11.8 Å². The highest BCUT2D eigenvalue weighted by molar-refractivity contribution is 8.00. The lowest BCUT2D eigenvalue weighted by Crippen LogP contribution is -2.35. The molecule has 0 radical (unpaired) electrons. The molecule has 2 unspecified atom stereocenters. The van der Waals surface area contributed by atoms with Gasteiger partial charge in [-0.3, -0.25) is 0 Å². The standard InChI is InChI=1S/C9H16F3NS/c1-7(5-9(10,11)12)13-6-8-3-2-4-14-8/h7-8,13H,2-6H2,1H3. The van der Waals surface area contributed by atoms with Crippen LogP contribution < -0.4 is 5.32 Å². The van der Waals surface area contributed by atoms with E-state index in [0.29, 0.717) is 11.8 Å². The van der Waals surface area contributed by atoms with Crippen molar-refractivity contribution in [1.29, 1.82) is 0 Å². The Morgan fingerprint density at radius 2 is 2.21 bits per heavy atom. The van der Waals surface area contributed by atoms with E-state index >= 15 is 0 Å². The summed E-state index contributed by atoms with van der Waals surface area (Å²) in [5.74, 6) is 1.15. The van der Waals surface area contributed by atoms with Gasteiger partial charge >= 0.3 is 6.18 Å². The average Bonchev–Trinajstić information content (AvgIpc) is 2.49. The van der Waals surface area contributed by atoms with Gasteiger partial charge in [0.1, 0.15) is 0 Å². The SMILES string of the molecule is CC(CC(F)(F)F)NCC1CCCS1. The number of alkyl halides is 3. The maximum atomic E-state index is 12.0. The molecular weight excluding hydrogens is 211 g/mol. The molecule has 1 saturated heterocycles. The summed E-state index contributed by atoms with van der Waals surface area (Å²) in [5, 5.41) is 3.46. The first-order chi connectivity index (χ1) is 6.47. The Bertz CT molecular complexity index is 166. The fourth-order valence-corrected chi connectivity index (χ4v) is 2.77. The van der Waals surface area contributed by atoms with Crippen LogP contribution >= 0.6 is 11.8 Å². The number of nitrogens with one attached hydrogen (secondary N) is 1. The third kappa shape index (κ3) is 5.10. The molecule has 1 fully saturated rings. The molecule has 5 heteroatoms. The third-order valence-electron chi connectivity index (χ3n) is 2.26. The van der Waals surface area contributed by atoms with Gasteiger partial charge in [-0.15, -0.1) is 0 Å². The Kier molecular flexibility index (Phi) is 4.57. The molecule has 1 heterocycles. The van der Waals surface area contributed by atoms with Crippen molar-refractivity contribution < 1.29 is 13.2 Å². The minimum Gasteiger partial charge on any atom is -0.313 e. The number of hydrogen-bond donors (Lipinski definition) is 1. The highest BCUT2D eigenvalue weighted by atomic mass is 32.2. The van der Waals surface area contributed by atoms with Crippen LogP contribution in [0.25, 0.3) is 0 Å². The zero-order valence-electron chi connectivity index (χ0n) is 8.23. The predicted octanol–water partition coefficient (Wildman–Crippen LogP) is 2.81. The van der Waals surface area contributed by atoms with Crippen molar-refractivity contribution in [3.8, 4) is 0 Å². The van der Waals surface area contributed by atoms with E-state index in [1.165, 1.54) is 6.42 Å². The van der Waals surface area contributed by atoms with Crippen LogP contribution in [0.15, 0.2) is 0 Å². The molecule has 0 aromatic rings. The number of rotatable bonds is 4. The highest BCUT2D eigenvalue weighted by Crippen LogP contribution is 2.26. The molecule has 0 aromatic heterocycles. The van der Waals surface area contributed by atoms with Crippen LogP contribution in [0, 0.1) is 0 Å². The fraction of sp³-hybridized carbons (Fsp3) is 1.00. The Morgan fingerprint density at radius 1 is 1.50 bits per heavy atom. The lowest BCUT2D eigenvalue weighted by molar-refractivity contribution is -0.138. The molecule has 14 heavy (non-hydrogen) atoms. The lowest BCUT2D eigenvalue weighted by Gasteiger charge is -2.17. The molecule has 0 saturated carbocycles. The lowest BCUT2D eigenvalue weighted by atomic mass is 10.2. The van der Waals surface area contributed by atoms with Crippen LogP contribution in [0.5, 0.6) is 0 Å². The molecule has 0 spiro atoms. The molecule has 1 aliphatic rings. The monoisotopic (exact) mass is 227 g/mol. The van der Waals surface area contributed by atoms with Gasteiger partial charge in [0.2, 0.25) is 0 Å². The predicted molar refractivity (Wildman–Crippen MR) is 53.6 cm³/mol. The van der Waals surface area contributed by atoms with Gasteiger partial charge in [0.15, 0.2) is 0 Å². The second-order valence-electron chi connectivity index (χ2n) is 3.76. The average molecular weight is 227 g/mol. The molecule has 0 amide bonds. The summed E-state index contributed by atoms with van der Waals surface area (Å²) < 4.78 is 35.9. The zero-order valence-corrected chi connectivity index (χ0v) is 9.05. The molecule has 1 aliphatic heterocycles. The first kappa shape index (κ1) is 12.2. The van der Waals surface area contributed by atoms with E-state index in [-0.39, 0.29) is 0 Å². The smallest absolute Gasteiger partial charge is 0.313 e. The Morgan fingerprint density at radius 3 is 2.71 bits per heavy atom. The van der Waals surface area contributed by atoms with E-state index in [1.54, 1.807) is 6.92 Å². The van der Waals surface area contributed by atoms with Crippen molar-refractivity contribution in [3.05, 3.63) is 0 Å². The van der Waals surface area contributed by atoms with Gasteiger partial charge in [0.25, 0.3) is 0 Å². The molecule has 1 N–H and O–H groups in total. The Labute approximate surface area is 86.8 Å². The summed E-state index contributed by atoms with van der Waals surface area (Å²) >= 11 is 1.86. The van der Waals surface area contributed by atoms with Crippen molar-refractivity contribution >= 4 is 11.8 Å². The Balaban J connectivity index is 2.11. The van der Waals surface area contributed by atoms with E-state index in [2.05, 4.69) is 5.32 Å². The van der Waals surface area contributed by atoms with Gasteiger partial charge in [0.05, 0.1) is 6.42 Å². The minimum atomic E-state index is -4.05. The van der Waals surface area contributed by atoms with Gasteiger partial charge in [-0.25, -0.2) is 0 Å². The summed E-state index contributed by atoms with van der Waals surface area (Å²) in [6.45, 7) is 2.30. The first-order valence-corrected chi connectivity index (χ1v) is 5.94. The molecule has 1 rings (SSSR count). The molecule has 1 nitrogen and oxygen atoms in total. The van der Waals surface area contributed by atoms with Gasteiger partial charge in [-0.1, -0.05) is 0 Å². The normalized spacial score (nSPS) is 25.3. The van der Waals surface area contributed by atoms with Gasteiger partial charge < -0.3 is 5.32 Å². The molecule has 2 atom stereocenters. The van der Waals surface area contributed by atoms with Crippen LogP contribution in [0.4, 0.5) is 13.2 Å². The summed E-state index contributed by atoms with van der Waals surface area (Å²) in [6, 6.07) is -0.462. The molecule has 84 valence electrons. The summed E-state index contributed by atoms with van der Waals surface area (Å²) in [7, 11) is 0. The number of thioether (sulfide) groups is 1. The first-order valence-electron chi connectivity index (χ1n) is 4.89. The van der Waals surface area contributed by atoms with Crippen LogP contribution in [0.3, 0.4) is 0 Å². The van der Waals surface area contributed by atoms with Crippen LogP contribution in [0.2, 0.25) is 0 Å². The molecular formula is C9H16F3NS. The maximum absolute atomic E-state index is 12.0. The van der Waals surface area contributed by atoms with Gasteiger partial charge in [-0.05, 0) is 25.5 Å². The summed E-state index contributed by atoms with van der Waals surface area (Å²) in [6.07, 6.45) is -2.44. The van der Waals surface area contributed by atoms with Crippen molar-refractivity contribution in [2.75, 3.05) is 12.3 Å². The van der Waals surface area contributed by atoms with Gasteiger partial charge in [0, 0.05) is 17.8 Å². The zero-order chi connectivity index (χ0) is 10.6. The van der Waals surface area contributed by atoms with Crippen LogP contribution in [-0.4, -0.2) is 29.8 Å². The second kappa shape index (κ2) is 5.26. The maximum Gasteiger partial charge on any atom is 0.390 e. The number of hydrogen-bond acceptors (Lipinski definition) is 2. The van der Waals surface area contributed by atoms with Crippen LogP contribution in [-0.2, 0) is 0 Å². The summed E-state index contributed by atoms with van der Waals surface area (Å²) in [4.78, 5) is 0. The van der Waals surface area contributed by atoms with Crippen molar-refractivity contribution in [2.45, 2.75) is 43.7 Å². The van der Waals surface area contributed by atoms with Crippen LogP contribution in [0.1, 0.15) is 26.2 Å². The fourth-order valence-electron chi connectivity index (χ4n) is 1.56. The van der Waals surface area contributed by atoms with E-state index in [4.69, 9.17) is 0 Å².